The van der Waals surface area contributed by atoms with Gasteiger partial charge >= 0.3 is 0 Å². The number of rotatable bonds is 3. The number of nitrogens with one attached hydrogen (secondary N) is 3. The predicted molar refractivity (Wildman–Crippen MR) is 104 cm³/mol. The van der Waals surface area contributed by atoms with Crippen LogP contribution >= 0.6 is 11.3 Å². The van der Waals surface area contributed by atoms with Crippen molar-refractivity contribution in [3.05, 3.63) is 44.7 Å². The smallest absolute Gasteiger partial charge is 0.265 e. The van der Waals surface area contributed by atoms with Crippen LogP contribution in [0.5, 0.6) is 0 Å². The minimum atomic E-state index is -0.419. The Morgan fingerprint density at radius 1 is 1.33 bits per heavy atom. The number of nitriles is 1. The van der Waals surface area contributed by atoms with E-state index in [-0.39, 0.29) is 5.91 Å². The molecule has 0 aromatic carbocycles. The fraction of sp³-hybridized carbons (Fsp3) is 0.316. The molecule has 138 valence electrons. The number of aromatic amines is 1. The maximum Gasteiger partial charge on any atom is 0.265 e. The van der Waals surface area contributed by atoms with E-state index in [2.05, 4.69) is 26.7 Å². The van der Waals surface area contributed by atoms with Gasteiger partial charge in [0.05, 0.1) is 12.3 Å². The van der Waals surface area contributed by atoms with Crippen LogP contribution in [0, 0.1) is 32.1 Å². The Balaban J connectivity index is 1.88. The van der Waals surface area contributed by atoms with E-state index >= 15 is 0 Å². The molecule has 1 atom stereocenters. The standard InChI is InChI=1S/C19H19N5O2S/c1-8-5-11(7-26-4)14-15-16(27-19(14)21-8)18(25)24-17(23-15)13-9(2)12(6-20)22-10(13)3/h5,17,22-23H,7H2,1-4H3,(H,24,25)/t17-/m0/s1. The van der Waals surface area contributed by atoms with Crippen LogP contribution in [0.3, 0.4) is 0 Å². The Bertz CT molecular complexity index is 1120. The lowest BCUT2D eigenvalue weighted by Crippen LogP contribution is -2.38. The molecule has 4 rings (SSSR count). The van der Waals surface area contributed by atoms with Crippen LogP contribution in [-0.4, -0.2) is 23.0 Å². The fourth-order valence-electron chi connectivity index (χ4n) is 3.71. The zero-order chi connectivity index (χ0) is 19.3. The second kappa shape index (κ2) is 6.37. The summed E-state index contributed by atoms with van der Waals surface area (Å²) in [7, 11) is 1.65. The number of hydrogen-bond donors (Lipinski definition) is 3. The maximum atomic E-state index is 12.8. The first-order valence-electron chi connectivity index (χ1n) is 8.53. The van der Waals surface area contributed by atoms with E-state index < -0.39 is 6.17 Å². The van der Waals surface area contributed by atoms with Gasteiger partial charge in [0, 0.05) is 29.4 Å². The summed E-state index contributed by atoms with van der Waals surface area (Å²) in [5.74, 6) is -0.142. The van der Waals surface area contributed by atoms with Crippen molar-refractivity contribution in [3.63, 3.8) is 0 Å². The number of pyridine rings is 1. The van der Waals surface area contributed by atoms with Crippen LogP contribution in [0.1, 0.15) is 49.6 Å². The van der Waals surface area contributed by atoms with E-state index in [1.807, 2.05) is 26.8 Å². The van der Waals surface area contributed by atoms with Crippen LogP contribution < -0.4 is 10.6 Å². The van der Waals surface area contributed by atoms with Gasteiger partial charge in [-0.15, -0.1) is 11.3 Å². The van der Waals surface area contributed by atoms with Gasteiger partial charge in [0.25, 0.3) is 5.91 Å². The Labute approximate surface area is 160 Å². The highest BCUT2D eigenvalue weighted by Crippen LogP contribution is 2.42. The number of aromatic nitrogens is 2. The van der Waals surface area contributed by atoms with Gasteiger partial charge in [-0.25, -0.2) is 4.98 Å². The van der Waals surface area contributed by atoms with Gasteiger partial charge in [0.15, 0.2) is 0 Å². The summed E-state index contributed by atoms with van der Waals surface area (Å²) in [6.45, 7) is 6.16. The van der Waals surface area contributed by atoms with Gasteiger partial charge in [-0.1, -0.05) is 0 Å². The van der Waals surface area contributed by atoms with Crippen LogP contribution in [0.25, 0.3) is 10.2 Å². The first-order chi connectivity index (χ1) is 12.9. The molecule has 7 nitrogen and oxygen atoms in total. The molecule has 0 bridgehead atoms. The van der Waals surface area contributed by atoms with Crippen molar-refractivity contribution >= 4 is 33.1 Å². The van der Waals surface area contributed by atoms with Gasteiger partial charge in [-0.05, 0) is 38.0 Å². The minimum Gasteiger partial charge on any atom is -0.380 e. The molecule has 0 unspecified atom stereocenters. The zero-order valence-corrected chi connectivity index (χ0v) is 16.3. The van der Waals surface area contributed by atoms with E-state index in [0.29, 0.717) is 17.2 Å². The molecule has 3 N–H and O–H groups in total. The van der Waals surface area contributed by atoms with Crippen LogP contribution in [0.2, 0.25) is 0 Å². The summed E-state index contributed by atoms with van der Waals surface area (Å²) >= 11 is 1.38. The number of amides is 1. The molecule has 3 aromatic rings. The summed E-state index contributed by atoms with van der Waals surface area (Å²) in [4.78, 5) is 21.9. The van der Waals surface area contributed by atoms with Crippen molar-refractivity contribution in [1.82, 2.24) is 15.3 Å². The molecule has 4 heterocycles. The Hall–Kier alpha value is -2.89. The number of carbonyl (C=O) groups excluding carboxylic acids is 1. The first-order valence-corrected chi connectivity index (χ1v) is 9.34. The molecule has 1 aliphatic heterocycles. The molecule has 0 spiro atoms. The van der Waals surface area contributed by atoms with Crippen molar-refractivity contribution in [2.24, 2.45) is 0 Å². The minimum absolute atomic E-state index is 0.142. The number of thiophene rings is 1. The Morgan fingerprint density at radius 2 is 2.11 bits per heavy atom. The number of methoxy groups -OCH3 is 1. The SMILES string of the molecule is COCc1cc(C)nc2sc3c(c12)N[C@H](c1c(C)[nH]c(C#N)c1C)NC3=O. The third kappa shape index (κ3) is 2.67. The zero-order valence-electron chi connectivity index (χ0n) is 15.5. The molecule has 1 amide bonds. The number of fused-ring (bicyclic) bond motifs is 3. The quantitative estimate of drug-likeness (QED) is 0.645. The maximum absolute atomic E-state index is 12.8. The van der Waals surface area contributed by atoms with E-state index in [0.717, 1.165) is 44.0 Å². The Kier molecular flexibility index (Phi) is 4.13. The lowest BCUT2D eigenvalue weighted by Gasteiger charge is -2.27. The lowest BCUT2D eigenvalue weighted by molar-refractivity contribution is 0.0940. The third-order valence-corrected chi connectivity index (χ3v) is 5.92. The Morgan fingerprint density at radius 3 is 2.78 bits per heavy atom. The van der Waals surface area contributed by atoms with Gasteiger partial charge in [-0.3, -0.25) is 4.79 Å². The molecular formula is C19H19N5O2S. The van der Waals surface area contributed by atoms with Crippen LogP contribution in [-0.2, 0) is 11.3 Å². The van der Waals surface area contributed by atoms with E-state index in [1.54, 1.807) is 7.11 Å². The number of ether oxygens (including phenoxy) is 1. The van der Waals surface area contributed by atoms with Gasteiger partial charge < -0.3 is 20.4 Å². The number of hydrogen-bond acceptors (Lipinski definition) is 6. The summed E-state index contributed by atoms with van der Waals surface area (Å²) in [6, 6.07) is 4.15. The van der Waals surface area contributed by atoms with E-state index in [1.165, 1.54) is 11.3 Å². The second-order valence-electron chi connectivity index (χ2n) is 6.67. The largest absolute Gasteiger partial charge is 0.380 e. The highest BCUT2D eigenvalue weighted by molar-refractivity contribution is 7.21. The van der Waals surface area contributed by atoms with Crippen molar-refractivity contribution in [2.75, 3.05) is 12.4 Å². The van der Waals surface area contributed by atoms with Crippen molar-refractivity contribution in [1.29, 1.82) is 5.26 Å². The molecular weight excluding hydrogens is 362 g/mol. The van der Waals surface area contributed by atoms with Crippen LogP contribution in [0.15, 0.2) is 6.07 Å². The fourth-order valence-corrected chi connectivity index (χ4v) is 4.84. The second-order valence-corrected chi connectivity index (χ2v) is 7.67. The molecule has 3 aromatic heterocycles. The van der Waals surface area contributed by atoms with Crippen molar-refractivity contribution in [2.45, 2.75) is 33.5 Å². The molecule has 0 radical (unpaired) electrons. The number of aryl methyl sites for hydroxylation is 2. The number of carbonyl (C=O) groups is 1. The number of H-pyrrole nitrogens is 1. The average Bonchev–Trinajstić information content (AvgIpc) is 3.12. The summed E-state index contributed by atoms with van der Waals surface area (Å²) in [6.07, 6.45) is -0.419. The highest BCUT2D eigenvalue weighted by Gasteiger charge is 2.32. The molecule has 27 heavy (non-hydrogen) atoms. The number of anilines is 1. The van der Waals surface area contributed by atoms with Gasteiger partial charge in [0.1, 0.15) is 27.6 Å². The van der Waals surface area contributed by atoms with Gasteiger partial charge in [-0.2, -0.15) is 5.26 Å². The number of nitrogens with zero attached hydrogens (tertiary/aromatic N) is 2. The molecule has 1 aliphatic rings. The van der Waals surface area contributed by atoms with Gasteiger partial charge in [0.2, 0.25) is 0 Å². The topological polar surface area (TPSA) is 103 Å². The molecule has 0 saturated carbocycles. The molecule has 0 fully saturated rings. The summed E-state index contributed by atoms with van der Waals surface area (Å²) < 4.78 is 5.35. The van der Waals surface area contributed by atoms with E-state index in [4.69, 9.17) is 4.74 Å². The molecule has 8 heteroatoms. The summed E-state index contributed by atoms with van der Waals surface area (Å²) in [5, 5.41) is 16.7. The van der Waals surface area contributed by atoms with Crippen molar-refractivity contribution < 1.29 is 9.53 Å². The van der Waals surface area contributed by atoms with Crippen LogP contribution in [0.4, 0.5) is 5.69 Å². The van der Waals surface area contributed by atoms with E-state index in [9.17, 15) is 10.1 Å². The predicted octanol–water partition coefficient (Wildman–Crippen LogP) is 3.42. The third-order valence-electron chi connectivity index (χ3n) is 4.84. The normalized spacial score (nSPS) is 16.0. The summed E-state index contributed by atoms with van der Waals surface area (Å²) in [5.41, 5.74) is 5.76. The lowest BCUT2D eigenvalue weighted by atomic mass is 10.0. The average molecular weight is 381 g/mol. The monoisotopic (exact) mass is 381 g/mol. The highest BCUT2D eigenvalue weighted by atomic mass is 32.1. The van der Waals surface area contributed by atoms with Crippen molar-refractivity contribution in [3.8, 4) is 6.07 Å². The molecule has 0 aliphatic carbocycles. The first kappa shape index (κ1) is 17.5. The molecule has 0 saturated heterocycles.